The van der Waals surface area contributed by atoms with Crippen LogP contribution in [-0.4, -0.2) is 22.6 Å². The zero-order valence-electron chi connectivity index (χ0n) is 16.4. The Hall–Kier alpha value is -2.70. The maximum Gasteiger partial charge on any atom is 0.264 e. The summed E-state index contributed by atoms with van der Waals surface area (Å²) in [6, 6.07) is 18.9. The third kappa shape index (κ3) is 4.66. The largest absolute Gasteiger partial charge is 0.493 e. The summed E-state index contributed by atoms with van der Waals surface area (Å²) in [5.74, 6) is 0.973. The fourth-order valence-electron chi connectivity index (χ4n) is 2.89. The van der Waals surface area contributed by atoms with Crippen LogP contribution in [0.15, 0.2) is 71.6 Å². The van der Waals surface area contributed by atoms with E-state index in [9.17, 15) is 8.42 Å². The van der Waals surface area contributed by atoms with Crippen LogP contribution in [-0.2, 0) is 16.6 Å². The van der Waals surface area contributed by atoms with Gasteiger partial charge >= 0.3 is 0 Å². The highest BCUT2D eigenvalue weighted by Gasteiger charge is 2.26. The highest BCUT2D eigenvalue weighted by molar-refractivity contribution is 7.92. The second kappa shape index (κ2) is 8.76. The number of ether oxygens (including phenoxy) is 2. The molecule has 0 saturated heterocycles. The van der Waals surface area contributed by atoms with E-state index in [0.29, 0.717) is 22.2 Å². The number of halogens is 1. The van der Waals surface area contributed by atoms with E-state index in [1.165, 1.54) is 30.7 Å². The molecule has 3 aromatic carbocycles. The number of methoxy groups -OCH3 is 2. The topological polar surface area (TPSA) is 55.8 Å². The molecule has 0 heterocycles. The van der Waals surface area contributed by atoms with E-state index in [1.54, 1.807) is 30.3 Å². The van der Waals surface area contributed by atoms with Crippen molar-refractivity contribution in [3.63, 3.8) is 0 Å². The highest BCUT2D eigenvalue weighted by atomic mass is 35.5. The Kier molecular flexibility index (Phi) is 6.35. The Balaban J connectivity index is 2.10. The predicted molar refractivity (Wildman–Crippen MR) is 116 cm³/mol. The molecule has 5 nitrogen and oxygen atoms in total. The van der Waals surface area contributed by atoms with E-state index in [0.717, 1.165) is 11.1 Å². The van der Waals surface area contributed by atoms with Crippen LogP contribution < -0.4 is 13.8 Å². The molecule has 3 aromatic rings. The fourth-order valence-corrected chi connectivity index (χ4v) is 4.46. The standard InChI is InChI=1S/C22H22ClNO4S/c1-16-4-6-17(7-5-16)15-24(19-10-13-21(27-2)22(14-19)28-3)29(25,26)20-11-8-18(23)9-12-20/h4-14H,15H2,1-3H3. The molecule has 0 aliphatic heterocycles. The number of hydrogen-bond acceptors (Lipinski definition) is 4. The van der Waals surface area contributed by atoms with Crippen molar-refractivity contribution < 1.29 is 17.9 Å². The predicted octanol–water partition coefficient (Wildman–Crippen LogP) is 5.06. The van der Waals surface area contributed by atoms with E-state index < -0.39 is 10.0 Å². The van der Waals surface area contributed by atoms with Gasteiger partial charge in [0.1, 0.15) is 0 Å². The van der Waals surface area contributed by atoms with Crippen molar-refractivity contribution in [1.82, 2.24) is 0 Å². The van der Waals surface area contributed by atoms with Gasteiger partial charge < -0.3 is 9.47 Å². The van der Waals surface area contributed by atoms with Crippen molar-refractivity contribution in [2.75, 3.05) is 18.5 Å². The van der Waals surface area contributed by atoms with Gasteiger partial charge in [0.15, 0.2) is 11.5 Å². The van der Waals surface area contributed by atoms with Gasteiger partial charge in [0, 0.05) is 11.1 Å². The van der Waals surface area contributed by atoms with Crippen molar-refractivity contribution in [2.45, 2.75) is 18.4 Å². The summed E-state index contributed by atoms with van der Waals surface area (Å²) in [6.45, 7) is 2.15. The highest BCUT2D eigenvalue weighted by Crippen LogP contribution is 2.34. The Bertz CT molecular complexity index is 1080. The van der Waals surface area contributed by atoms with Gasteiger partial charge in [-0.25, -0.2) is 8.42 Å². The van der Waals surface area contributed by atoms with Crippen LogP contribution in [0.25, 0.3) is 0 Å². The second-order valence-corrected chi connectivity index (χ2v) is 8.79. The third-order valence-corrected chi connectivity index (χ3v) is 6.54. The second-order valence-electron chi connectivity index (χ2n) is 6.49. The normalized spacial score (nSPS) is 11.2. The van der Waals surface area contributed by atoms with Gasteiger partial charge in [-0.2, -0.15) is 0 Å². The van der Waals surface area contributed by atoms with Crippen molar-refractivity contribution in [3.05, 3.63) is 82.9 Å². The first-order valence-electron chi connectivity index (χ1n) is 8.91. The van der Waals surface area contributed by atoms with Crippen LogP contribution in [0.2, 0.25) is 5.02 Å². The molecule has 3 rings (SSSR count). The quantitative estimate of drug-likeness (QED) is 0.524. The van der Waals surface area contributed by atoms with Gasteiger partial charge in [0.05, 0.1) is 31.3 Å². The summed E-state index contributed by atoms with van der Waals surface area (Å²) in [5.41, 5.74) is 2.44. The first-order valence-corrected chi connectivity index (χ1v) is 10.7. The number of anilines is 1. The van der Waals surface area contributed by atoms with E-state index in [4.69, 9.17) is 21.1 Å². The molecule has 0 N–H and O–H groups in total. The lowest BCUT2D eigenvalue weighted by Crippen LogP contribution is -2.30. The molecule has 0 aliphatic rings. The Labute approximate surface area is 176 Å². The van der Waals surface area contributed by atoms with Gasteiger partial charge in [-0.1, -0.05) is 41.4 Å². The molecule has 0 spiro atoms. The smallest absolute Gasteiger partial charge is 0.264 e. The SMILES string of the molecule is COc1ccc(N(Cc2ccc(C)cc2)S(=O)(=O)c2ccc(Cl)cc2)cc1OC. The molecular formula is C22H22ClNO4S. The molecule has 0 saturated carbocycles. The molecule has 0 atom stereocenters. The lowest BCUT2D eigenvalue weighted by molar-refractivity contribution is 0.355. The lowest BCUT2D eigenvalue weighted by Gasteiger charge is -2.25. The minimum absolute atomic E-state index is 0.156. The average molecular weight is 432 g/mol. The van der Waals surface area contributed by atoms with Crippen LogP contribution in [0, 0.1) is 6.92 Å². The van der Waals surface area contributed by atoms with Gasteiger partial charge in [0.2, 0.25) is 0 Å². The lowest BCUT2D eigenvalue weighted by atomic mass is 10.1. The van der Waals surface area contributed by atoms with E-state index in [-0.39, 0.29) is 11.4 Å². The van der Waals surface area contributed by atoms with Crippen LogP contribution >= 0.6 is 11.6 Å². The number of hydrogen-bond donors (Lipinski definition) is 0. The molecule has 0 bridgehead atoms. The third-order valence-electron chi connectivity index (χ3n) is 4.50. The van der Waals surface area contributed by atoms with Crippen molar-refractivity contribution >= 4 is 27.3 Å². The molecule has 0 radical (unpaired) electrons. The van der Waals surface area contributed by atoms with Crippen LogP contribution in [0.4, 0.5) is 5.69 Å². The van der Waals surface area contributed by atoms with E-state index >= 15 is 0 Å². The molecule has 29 heavy (non-hydrogen) atoms. The van der Waals surface area contributed by atoms with Gasteiger partial charge in [-0.3, -0.25) is 4.31 Å². The van der Waals surface area contributed by atoms with Gasteiger partial charge in [-0.05, 0) is 48.9 Å². The Morgan fingerprint density at radius 1 is 0.862 bits per heavy atom. The maximum absolute atomic E-state index is 13.5. The van der Waals surface area contributed by atoms with Crippen LogP contribution in [0.1, 0.15) is 11.1 Å². The van der Waals surface area contributed by atoms with Gasteiger partial charge in [-0.15, -0.1) is 0 Å². The summed E-state index contributed by atoms with van der Waals surface area (Å²) < 4.78 is 39.0. The average Bonchev–Trinajstić information content (AvgIpc) is 2.73. The number of sulfonamides is 1. The Morgan fingerprint density at radius 3 is 2.07 bits per heavy atom. The van der Waals surface area contributed by atoms with E-state index in [1.807, 2.05) is 31.2 Å². The van der Waals surface area contributed by atoms with E-state index in [2.05, 4.69) is 0 Å². The molecular weight excluding hydrogens is 410 g/mol. The summed E-state index contributed by atoms with van der Waals surface area (Å²) >= 11 is 5.94. The minimum atomic E-state index is -3.85. The molecule has 0 amide bonds. The molecule has 0 aliphatic carbocycles. The Morgan fingerprint density at radius 2 is 1.48 bits per heavy atom. The van der Waals surface area contributed by atoms with Crippen LogP contribution in [0.5, 0.6) is 11.5 Å². The number of rotatable bonds is 7. The summed E-state index contributed by atoms with van der Waals surface area (Å²) in [5, 5.41) is 0.472. The maximum atomic E-state index is 13.5. The zero-order valence-corrected chi connectivity index (χ0v) is 18.0. The molecule has 0 aromatic heterocycles. The summed E-state index contributed by atoms with van der Waals surface area (Å²) in [4.78, 5) is 0.156. The molecule has 0 fully saturated rings. The summed E-state index contributed by atoms with van der Waals surface area (Å²) in [7, 11) is -0.798. The molecule has 152 valence electrons. The zero-order chi connectivity index (χ0) is 21.0. The molecule has 0 unspecified atom stereocenters. The van der Waals surface area contributed by atoms with Gasteiger partial charge in [0.25, 0.3) is 10.0 Å². The summed E-state index contributed by atoms with van der Waals surface area (Å²) in [6.07, 6.45) is 0. The number of aryl methyl sites for hydroxylation is 1. The fraction of sp³-hybridized carbons (Fsp3) is 0.182. The van der Waals surface area contributed by atoms with Crippen LogP contribution in [0.3, 0.4) is 0 Å². The minimum Gasteiger partial charge on any atom is -0.493 e. The van der Waals surface area contributed by atoms with Crippen molar-refractivity contribution in [3.8, 4) is 11.5 Å². The first-order chi connectivity index (χ1) is 13.8. The molecule has 7 heteroatoms. The monoisotopic (exact) mass is 431 g/mol. The first kappa shape index (κ1) is 21.0. The number of nitrogens with zero attached hydrogens (tertiary/aromatic N) is 1. The van der Waals surface area contributed by atoms with Crippen molar-refractivity contribution in [1.29, 1.82) is 0 Å². The van der Waals surface area contributed by atoms with Crippen molar-refractivity contribution in [2.24, 2.45) is 0 Å². The number of benzene rings is 3.